The fraction of sp³-hybridized carbons (Fsp3) is 0.409. The highest BCUT2D eigenvalue weighted by Gasteiger charge is 2.35. The number of benzene rings is 2. The average Bonchev–Trinajstić information content (AvgIpc) is 3.02. The molecular formula is C22H25ClF2N2O. The third-order valence-electron chi connectivity index (χ3n) is 5.33. The van der Waals surface area contributed by atoms with Crippen LogP contribution in [-0.4, -0.2) is 37.0 Å². The second kappa shape index (κ2) is 9.01. The summed E-state index contributed by atoms with van der Waals surface area (Å²) in [6.45, 7) is 7.56. The Balaban J connectivity index is 1.88. The number of nitrogens with zero attached hydrogens (tertiary/aromatic N) is 2. The molecule has 0 radical (unpaired) electrons. The standard InChI is InChI=1S/C22H25ClF2N2O/c1-3-11-26(4-2)12-10-15-14-27(20-9-8-16(23)13-17(15)20)22(28)21-18(24)6-5-7-19(21)25/h5-9,13,15H,3-4,10-12,14H2,1-2H3. The molecule has 1 heterocycles. The summed E-state index contributed by atoms with van der Waals surface area (Å²) in [6, 6.07) is 8.80. The predicted octanol–water partition coefficient (Wildman–Crippen LogP) is 5.48. The van der Waals surface area contributed by atoms with Crippen molar-refractivity contribution in [3.05, 3.63) is 64.2 Å². The number of amides is 1. The summed E-state index contributed by atoms with van der Waals surface area (Å²) < 4.78 is 28.3. The van der Waals surface area contributed by atoms with Crippen LogP contribution in [-0.2, 0) is 0 Å². The monoisotopic (exact) mass is 406 g/mol. The van der Waals surface area contributed by atoms with Gasteiger partial charge < -0.3 is 9.80 Å². The van der Waals surface area contributed by atoms with Gasteiger partial charge in [-0.25, -0.2) is 8.78 Å². The van der Waals surface area contributed by atoms with Crippen LogP contribution in [0.5, 0.6) is 0 Å². The summed E-state index contributed by atoms with van der Waals surface area (Å²) in [5.74, 6) is -2.26. The van der Waals surface area contributed by atoms with Gasteiger partial charge in [-0.2, -0.15) is 0 Å². The van der Waals surface area contributed by atoms with E-state index in [4.69, 9.17) is 11.6 Å². The lowest BCUT2D eigenvalue weighted by atomic mass is 9.97. The molecular weight excluding hydrogens is 382 g/mol. The molecule has 0 aromatic heterocycles. The van der Waals surface area contributed by atoms with Gasteiger partial charge in [0.2, 0.25) is 0 Å². The first kappa shape index (κ1) is 20.7. The first-order valence-corrected chi connectivity index (χ1v) is 10.1. The Morgan fingerprint density at radius 1 is 1.18 bits per heavy atom. The minimum Gasteiger partial charge on any atom is -0.307 e. The summed E-state index contributed by atoms with van der Waals surface area (Å²) >= 11 is 6.19. The molecule has 0 aliphatic carbocycles. The van der Waals surface area contributed by atoms with Crippen molar-refractivity contribution in [1.29, 1.82) is 0 Å². The summed E-state index contributed by atoms with van der Waals surface area (Å²) in [6.07, 6.45) is 1.93. The van der Waals surface area contributed by atoms with Gasteiger partial charge in [-0.15, -0.1) is 0 Å². The van der Waals surface area contributed by atoms with E-state index < -0.39 is 23.1 Å². The number of fused-ring (bicyclic) bond motifs is 1. The van der Waals surface area contributed by atoms with Gasteiger partial charge in [0.1, 0.15) is 17.2 Å². The third kappa shape index (κ3) is 4.20. The normalized spacial score (nSPS) is 15.9. The van der Waals surface area contributed by atoms with Crippen LogP contribution < -0.4 is 4.90 Å². The molecule has 6 heteroatoms. The molecule has 0 saturated carbocycles. The maximum Gasteiger partial charge on any atom is 0.264 e. The minimum absolute atomic E-state index is 0.0818. The third-order valence-corrected chi connectivity index (χ3v) is 5.56. The van der Waals surface area contributed by atoms with Crippen LogP contribution in [0.1, 0.15) is 48.5 Å². The van der Waals surface area contributed by atoms with E-state index in [0.29, 0.717) is 17.3 Å². The van der Waals surface area contributed by atoms with Crippen LogP contribution >= 0.6 is 11.6 Å². The molecule has 1 aliphatic heterocycles. The van der Waals surface area contributed by atoms with Crippen LogP contribution in [0, 0.1) is 11.6 Å². The maximum absolute atomic E-state index is 14.2. The molecule has 0 fully saturated rings. The maximum atomic E-state index is 14.2. The van der Waals surface area contributed by atoms with Crippen molar-refractivity contribution >= 4 is 23.2 Å². The Kier molecular flexibility index (Phi) is 6.68. The van der Waals surface area contributed by atoms with Crippen molar-refractivity contribution in [2.45, 2.75) is 32.6 Å². The summed E-state index contributed by atoms with van der Waals surface area (Å²) in [5, 5.41) is 0.594. The van der Waals surface area contributed by atoms with E-state index in [-0.39, 0.29) is 5.92 Å². The highest BCUT2D eigenvalue weighted by atomic mass is 35.5. The molecule has 3 nitrogen and oxygen atoms in total. The highest BCUT2D eigenvalue weighted by Crippen LogP contribution is 2.40. The van der Waals surface area contributed by atoms with Gasteiger partial charge in [0.25, 0.3) is 5.91 Å². The van der Waals surface area contributed by atoms with Gasteiger partial charge in [0.05, 0.1) is 0 Å². The van der Waals surface area contributed by atoms with Gasteiger partial charge in [-0.3, -0.25) is 4.79 Å². The lowest BCUT2D eigenvalue weighted by Gasteiger charge is -2.22. The van der Waals surface area contributed by atoms with Crippen LogP contribution in [0.25, 0.3) is 0 Å². The fourth-order valence-corrected chi connectivity index (χ4v) is 4.05. The topological polar surface area (TPSA) is 23.6 Å². The molecule has 1 unspecified atom stereocenters. The zero-order chi connectivity index (χ0) is 20.3. The average molecular weight is 407 g/mol. The van der Waals surface area contributed by atoms with E-state index in [1.807, 2.05) is 6.07 Å². The first-order chi connectivity index (χ1) is 13.5. The van der Waals surface area contributed by atoms with Gasteiger partial charge in [-0.1, -0.05) is 31.5 Å². The first-order valence-electron chi connectivity index (χ1n) is 9.73. The van der Waals surface area contributed by atoms with E-state index in [9.17, 15) is 13.6 Å². The number of anilines is 1. The Morgan fingerprint density at radius 3 is 2.54 bits per heavy atom. The summed E-state index contributed by atoms with van der Waals surface area (Å²) in [4.78, 5) is 16.8. The summed E-state index contributed by atoms with van der Waals surface area (Å²) in [5.41, 5.74) is 1.14. The molecule has 1 atom stereocenters. The zero-order valence-electron chi connectivity index (χ0n) is 16.2. The molecule has 0 spiro atoms. The quantitative estimate of drug-likeness (QED) is 0.607. The molecule has 28 heavy (non-hydrogen) atoms. The number of halogens is 3. The van der Waals surface area contributed by atoms with Gasteiger partial charge >= 0.3 is 0 Å². The van der Waals surface area contributed by atoms with Crippen LogP contribution in [0.2, 0.25) is 5.02 Å². The molecule has 0 saturated heterocycles. The van der Waals surface area contributed by atoms with Crippen molar-refractivity contribution in [3.63, 3.8) is 0 Å². The fourth-order valence-electron chi connectivity index (χ4n) is 3.87. The molecule has 2 aromatic rings. The second-order valence-electron chi connectivity index (χ2n) is 7.14. The lowest BCUT2D eigenvalue weighted by molar-refractivity contribution is 0.0979. The molecule has 1 amide bonds. The Bertz CT molecular complexity index is 838. The number of carbonyl (C=O) groups excluding carboxylic acids is 1. The molecule has 3 rings (SSSR count). The van der Waals surface area contributed by atoms with Crippen molar-refractivity contribution in [2.24, 2.45) is 0 Å². The molecule has 2 aromatic carbocycles. The zero-order valence-corrected chi connectivity index (χ0v) is 17.0. The van der Waals surface area contributed by atoms with Crippen LogP contribution in [0.15, 0.2) is 36.4 Å². The van der Waals surface area contributed by atoms with E-state index in [2.05, 4.69) is 18.7 Å². The van der Waals surface area contributed by atoms with Gasteiger partial charge in [-0.05, 0) is 68.4 Å². The van der Waals surface area contributed by atoms with E-state index in [1.54, 1.807) is 12.1 Å². The Labute approximate surface area is 169 Å². The molecule has 0 N–H and O–H groups in total. The minimum atomic E-state index is -0.843. The largest absolute Gasteiger partial charge is 0.307 e. The van der Waals surface area contributed by atoms with E-state index >= 15 is 0 Å². The van der Waals surface area contributed by atoms with Crippen molar-refractivity contribution in [2.75, 3.05) is 31.1 Å². The van der Waals surface area contributed by atoms with Gasteiger partial charge in [0, 0.05) is 23.2 Å². The Morgan fingerprint density at radius 2 is 1.89 bits per heavy atom. The number of rotatable bonds is 7. The van der Waals surface area contributed by atoms with Crippen molar-refractivity contribution in [1.82, 2.24) is 4.90 Å². The van der Waals surface area contributed by atoms with Crippen molar-refractivity contribution in [3.8, 4) is 0 Å². The molecule has 0 bridgehead atoms. The number of hydrogen-bond acceptors (Lipinski definition) is 2. The second-order valence-corrected chi connectivity index (χ2v) is 7.57. The highest BCUT2D eigenvalue weighted by molar-refractivity contribution is 6.30. The molecule has 1 aliphatic rings. The summed E-state index contributed by atoms with van der Waals surface area (Å²) in [7, 11) is 0. The number of hydrogen-bond donors (Lipinski definition) is 0. The van der Waals surface area contributed by atoms with Crippen LogP contribution in [0.3, 0.4) is 0 Å². The SMILES string of the molecule is CCCN(CC)CCC1CN(C(=O)c2c(F)cccc2F)c2ccc(Cl)cc21. The Hall–Kier alpha value is -1.98. The predicted molar refractivity (Wildman–Crippen MR) is 109 cm³/mol. The van der Waals surface area contributed by atoms with E-state index in [1.165, 1.54) is 11.0 Å². The van der Waals surface area contributed by atoms with E-state index in [0.717, 1.165) is 50.2 Å². The molecule has 150 valence electrons. The van der Waals surface area contributed by atoms with Crippen molar-refractivity contribution < 1.29 is 13.6 Å². The number of carbonyl (C=O) groups is 1. The van der Waals surface area contributed by atoms with Crippen LogP contribution in [0.4, 0.5) is 14.5 Å². The smallest absolute Gasteiger partial charge is 0.264 e. The lowest BCUT2D eigenvalue weighted by Crippen LogP contribution is -2.32. The van der Waals surface area contributed by atoms with Gasteiger partial charge in [0.15, 0.2) is 0 Å².